The number of esters is 1. The fourth-order valence-electron chi connectivity index (χ4n) is 3.51. The highest BCUT2D eigenvalue weighted by Crippen LogP contribution is 2.37. The Hall–Kier alpha value is -4.81. The molecule has 0 spiro atoms. The van der Waals surface area contributed by atoms with Crippen LogP contribution in [0.5, 0.6) is 11.5 Å². The molecular weight excluding hydrogens is 444 g/mol. The SMILES string of the molecule is COC(=O)c1cc(-c2ccc(OC)cc2)nc(-c2ccc(OCc3ccccc3)cc2)c1N=[N+]=[N-]. The van der Waals surface area contributed by atoms with Crippen molar-refractivity contribution < 1.29 is 19.0 Å². The minimum Gasteiger partial charge on any atom is -0.497 e. The Kier molecular flexibility index (Phi) is 7.25. The molecule has 0 radical (unpaired) electrons. The lowest BCUT2D eigenvalue weighted by Crippen LogP contribution is -2.04. The van der Waals surface area contributed by atoms with E-state index in [2.05, 4.69) is 10.0 Å². The molecule has 0 unspecified atom stereocenters. The van der Waals surface area contributed by atoms with E-state index in [-0.39, 0.29) is 11.3 Å². The lowest BCUT2D eigenvalue weighted by molar-refractivity contribution is 0.0601. The summed E-state index contributed by atoms with van der Waals surface area (Å²) in [6.07, 6.45) is 0. The molecule has 3 aromatic carbocycles. The van der Waals surface area contributed by atoms with Crippen LogP contribution >= 0.6 is 0 Å². The molecule has 0 saturated heterocycles. The molecule has 35 heavy (non-hydrogen) atoms. The number of aromatic nitrogens is 1. The van der Waals surface area contributed by atoms with Crippen LogP contribution in [0.15, 0.2) is 90.0 Å². The Morgan fingerprint density at radius 1 is 0.914 bits per heavy atom. The Labute approximate surface area is 202 Å². The first-order valence-corrected chi connectivity index (χ1v) is 10.7. The monoisotopic (exact) mass is 466 g/mol. The van der Waals surface area contributed by atoms with Gasteiger partial charge < -0.3 is 14.2 Å². The largest absolute Gasteiger partial charge is 0.497 e. The summed E-state index contributed by atoms with van der Waals surface area (Å²) >= 11 is 0. The Morgan fingerprint density at radius 2 is 1.57 bits per heavy atom. The fraction of sp³-hybridized carbons (Fsp3) is 0.111. The van der Waals surface area contributed by atoms with Crippen molar-refractivity contribution >= 4 is 11.7 Å². The third-order valence-corrected chi connectivity index (χ3v) is 5.30. The molecule has 0 saturated carbocycles. The molecule has 0 atom stereocenters. The van der Waals surface area contributed by atoms with E-state index >= 15 is 0 Å². The third kappa shape index (κ3) is 5.40. The number of methoxy groups -OCH3 is 2. The average Bonchev–Trinajstić information content (AvgIpc) is 2.92. The second-order valence-corrected chi connectivity index (χ2v) is 7.46. The van der Waals surface area contributed by atoms with E-state index in [0.717, 1.165) is 11.1 Å². The van der Waals surface area contributed by atoms with Gasteiger partial charge in [-0.25, -0.2) is 9.78 Å². The molecule has 0 N–H and O–H groups in total. The van der Waals surface area contributed by atoms with Crippen LogP contribution in [0.4, 0.5) is 5.69 Å². The van der Waals surface area contributed by atoms with Crippen molar-refractivity contribution in [3.63, 3.8) is 0 Å². The summed E-state index contributed by atoms with van der Waals surface area (Å²) in [6.45, 7) is 0.432. The van der Waals surface area contributed by atoms with Crippen LogP contribution in [0.3, 0.4) is 0 Å². The van der Waals surface area contributed by atoms with E-state index in [1.54, 1.807) is 49.6 Å². The number of pyridine rings is 1. The van der Waals surface area contributed by atoms with Gasteiger partial charge in [0.05, 0.1) is 36.9 Å². The number of hydrogen-bond acceptors (Lipinski definition) is 6. The predicted molar refractivity (Wildman–Crippen MR) is 133 cm³/mol. The molecule has 0 bridgehead atoms. The molecule has 4 rings (SSSR count). The van der Waals surface area contributed by atoms with Crippen molar-refractivity contribution in [3.05, 3.63) is 106 Å². The molecular formula is C27H22N4O4. The first kappa shape index (κ1) is 23.4. The van der Waals surface area contributed by atoms with Crippen molar-refractivity contribution in [1.82, 2.24) is 4.98 Å². The van der Waals surface area contributed by atoms with Gasteiger partial charge in [-0.3, -0.25) is 0 Å². The maximum Gasteiger partial charge on any atom is 0.338 e. The highest BCUT2D eigenvalue weighted by Gasteiger charge is 2.20. The molecule has 0 fully saturated rings. The lowest BCUT2D eigenvalue weighted by Gasteiger charge is -2.13. The number of carbonyl (C=O) groups excluding carboxylic acids is 1. The maximum atomic E-state index is 12.6. The Bertz CT molecular complexity index is 1370. The standard InChI is InChI=1S/C27H22N4O4/c1-33-21-12-8-19(9-13-21)24-16-23(27(32)34-2)26(30-31-28)25(29-24)20-10-14-22(15-11-20)35-17-18-6-4-3-5-7-18/h3-16H,17H2,1-2H3. The van der Waals surface area contributed by atoms with Crippen molar-refractivity contribution in [2.45, 2.75) is 6.61 Å². The molecule has 8 nitrogen and oxygen atoms in total. The number of carbonyl (C=O) groups is 1. The van der Waals surface area contributed by atoms with E-state index in [9.17, 15) is 10.3 Å². The van der Waals surface area contributed by atoms with Crippen molar-refractivity contribution in [1.29, 1.82) is 0 Å². The van der Waals surface area contributed by atoms with Gasteiger partial charge in [-0.1, -0.05) is 35.4 Å². The predicted octanol–water partition coefficient (Wildman–Crippen LogP) is 6.73. The number of nitrogens with zero attached hydrogens (tertiary/aromatic N) is 4. The zero-order valence-corrected chi connectivity index (χ0v) is 19.2. The molecule has 1 aromatic heterocycles. The minimum atomic E-state index is -0.631. The number of rotatable bonds is 8. The van der Waals surface area contributed by atoms with Crippen LogP contribution in [0.25, 0.3) is 33.0 Å². The van der Waals surface area contributed by atoms with Crippen LogP contribution in [0, 0.1) is 0 Å². The van der Waals surface area contributed by atoms with Crippen molar-refractivity contribution in [2.24, 2.45) is 5.11 Å². The number of benzene rings is 3. The second-order valence-electron chi connectivity index (χ2n) is 7.46. The quantitative estimate of drug-likeness (QED) is 0.124. The molecule has 174 valence electrons. The van der Waals surface area contributed by atoms with E-state index < -0.39 is 5.97 Å². The Morgan fingerprint density at radius 3 is 2.20 bits per heavy atom. The summed E-state index contributed by atoms with van der Waals surface area (Å²) in [7, 11) is 2.86. The van der Waals surface area contributed by atoms with Gasteiger partial charge in [-0.2, -0.15) is 0 Å². The highest BCUT2D eigenvalue weighted by atomic mass is 16.5. The summed E-state index contributed by atoms with van der Waals surface area (Å²) in [4.78, 5) is 20.2. The number of ether oxygens (including phenoxy) is 3. The van der Waals surface area contributed by atoms with Crippen LogP contribution in [0.2, 0.25) is 0 Å². The Balaban J connectivity index is 1.75. The fourth-order valence-corrected chi connectivity index (χ4v) is 3.51. The molecule has 0 aliphatic rings. The highest BCUT2D eigenvalue weighted by molar-refractivity contribution is 5.99. The molecule has 0 aliphatic heterocycles. The van der Waals surface area contributed by atoms with Gasteiger partial charge in [-0.15, -0.1) is 0 Å². The van der Waals surface area contributed by atoms with Crippen LogP contribution < -0.4 is 9.47 Å². The molecule has 4 aromatic rings. The zero-order valence-electron chi connectivity index (χ0n) is 19.2. The lowest BCUT2D eigenvalue weighted by atomic mass is 10.0. The van der Waals surface area contributed by atoms with Gasteiger partial charge in [0.15, 0.2) is 0 Å². The summed E-state index contributed by atoms with van der Waals surface area (Å²) in [5, 5.41) is 3.78. The third-order valence-electron chi connectivity index (χ3n) is 5.30. The van der Waals surface area contributed by atoms with E-state index in [1.807, 2.05) is 42.5 Å². The van der Waals surface area contributed by atoms with Crippen LogP contribution in [-0.2, 0) is 11.3 Å². The molecule has 0 aliphatic carbocycles. The van der Waals surface area contributed by atoms with E-state index in [0.29, 0.717) is 35.1 Å². The molecule has 1 heterocycles. The smallest absolute Gasteiger partial charge is 0.338 e. The van der Waals surface area contributed by atoms with Gasteiger partial charge in [0.1, 0.15) is 18.1 Å². The van der Waals surface area contributed by atoms with Gasteiger partial charge in [0, 0.05) is 16.0 Å². The number of azide groups is 1. The van der Waals surface area contributed by atoms with Crippen LogP contribution in [-0.4, -0.2) is 25.2 Å². The summed E-state index contributed by atoms with van der Waals surface area (Å²) in [5.41, 5.74) is 12.7. The van der Waals surface area contributed by atoms with E-state index in [1.165, 1.54) is 7.11 Å². The van der Waals surface area contributed by atoms with Crippen molar-refractivity contribution in [3.8, 4) is 34.0 Å². The van der Waals surface area contributed by atoms with Gasteiger partial charge >= 0.3 is 5.97 Å². The molecule has 8 heteroatoms. The average molecular weight is 466 g/mol. The molecule has 0 amide bonds. The maximum absolute atomic E-state index is 12.6. The summed E-state index contributed by atoms with van der Waals surface area (Å²) in [5.74, 6) is 0.732. The zero-order chi connectivity index (χ0) is 24.6. The van der Waals surface area contributed by atoms with Gasteiger partial charge in [0.25, 0.3) is 0 Å². The van der Waals surface area contributed by atoms with Gasteiger partial charge in [-0.05, 0) is 65.7 Å². The van der Waals surface area contributed by atoms with Gasteiger partial charge in [0.2, 0.25) is 0 Å². The second kappa shape index (κ2) is 10.9. The van der Waals surface area contributed by atoms with E-state index in [4.69, 9.17) is 19.2 Å². The van der Waals surface area contributed by atoms with Crippen LogP contribution in [0.1, 0.15) is 15.9 Å². The first-order valence-electron chi connectivity index (χ1n) is 10.7. The minimum absolute atomic E-state index is 0.0922. The topological polar surface area (TPSA) is 106 Å². The summed E-state index contributed by atoms with van der Waals surface area (Å²) in [6, 6.07) is 25.9. The van der Waals surface area contributed by atoms with Crippen molar-refractivity contribution in [2.75, 3.05) is 14.2 Å². The first-order chi connectivity index (χ1) is 17.1. The summed E-state index contributed by atoms with van der Waals surface area (Å²) < 4.78 is 16.0. The number of hydrogen-bond donors (Lipinski definition) is 0. The normalized spacial score (nSPS) is 10.2.